The number of anilines is 2. The highest BCUT2D eigenvalue weighted by atomic mass is 32.1. The quantitative estimate of drug-likeness (QED) is 0.812. The van der Waals surface area contributed by atoms with Crippen molar-refractivity contribution >= 4 is 34.5 Å². The Labute approximate surface area is 132 Å². The van der Waals surface area contributed by atoms with Crippen molar-refractivity contribution < 1.29 is 9.59 Å². The third kappa shape index (κ3) is 3.52. The van der Waals surface area contributed by atoms with Crippen LogP contribution in [-0.2, 0) is 4.79 Å². The lowest BCUT2D eigenvalue weighted by atomic mass is 10.1. The molecule has 1 aliphatic heterocycles. The van der Waals surface area contributed by atoms with E-state index < -0.39 is 0 Å². The van der Waals surface area contributed by atoms with Crippen LogP contribution in [0.15, 0.2) is 41.8 Å². The van der Waals surface area contributed by atoms with Gasteiger partial charge >= 0.3 is 0 Å². The molecule has 0 bridgehead atoms. The predicted molar refractivity (Wildman–Crippen MR) is 88.3 cm³/mol. The van der Waals surface area contributed by atoms with Crippen molar-refractivity contribution in [3.8, 4) is 0 Å². The lowest BCUT2D eigenvalue weighted by molar-refractivity contribution is -0.119. The molecule has 3 rings (SSSR count). The van der Waals surface area contributed by atoms with E-state index in [1.807, 2.05) is 23.6 Å². The summed E-state index contributed by atoms with van der Waals surface area (Å²) in [6.07, 6.45) is 0.862. The summed E-state index contributed by atoms with van der Waals surface area (Å²) in [6, 6.07) is 10.8. The highest BCUT2D eigenvalue weighted by Gasteiger charge is 2.22. The maximum Gasteiger partial charge on any atom is 0.265 e. The van der Waals surface area contributed by atoms with E-state index in [1.165, 1.54) is 11.3 Å². The molecule has 0 spiro atoms. The van der Waals surface area contributed by atoms with E-state index in [1.54, 1.807) is 18.2 Å². The van der Waals surface area contributed by atoms with Crippen molar-refractivity contribution in [1.82, 2.24) is 5.32 Å². The summed E-state index contributed by atoms with van der Waals surface area (Å²) in [5.41, 5.74) is 1.36. The molecule has 5 nitrogen and oxygen atoms in total. The van der Waals surface area contributed by atoms with Gasteiger partial charge in [-0.05, 0) is 42.6 Å². The molecule has 1 aromatic heterocycles. The Balaban J connectivity index is 1.64. The molecule has 0 aliphatic carbocycles. The minimum atomic E-state index is -0.140. The van der Waals surface area contributed by atoms with Crippen molar-refractivity contribution in [2.45, 2.75) is 6.42 Å². The zero-order valence-electron chi connectivity index (χ0n) is 12.0. The summed E-state index contributed by atoms with van der Waals surface area (Å²) in [5.74, 6) is -0.102. The number of nitrogens with one attached hydrogen (secondary N) is 3. The second kappa shape index (κ2) is 6.72. The Morgan fingerprint density at radius 2 is 1.95 bits per heavy atom. The number of carbonyl (C=O) groups excluding carboxylic acids is 2. The summed E-state index contributed by atoms with van der Waals surface area (Å²) in [5, 5.41) is 10.8. The van der Waals surface area contributed by atoms with E-state index in [2.05, 4.69) is 16.0 Å². The molecule has 22 heavy (non-hydrogen) atoms. The molecule has 1 saturated heterocycles. The molecule has 3 N–H and O–H groups in total. The zero-order valence-corrected chi connectivity index (χ0v) is 12.8. The summed E-state index contributed by atoms with van der Waals surface area (Å²) >= 11 is 1.39. The number of carbonyl (C=O) groups is 2. The second-order valence-electron chi connectivity index (χ2n) is 5.19. The molecule has 0 radical (unpaired) electrons. The van der Waals surface area contributed by atoms with Crippen LogP contribution >= 0.6 is 11.3 Å². The SMILES string of the molecule is O=C(Nc1cccc(NC(=O)C2CCNC2)c1)c1cccs1. The van der Waals surface area contributed by atoms with Crippen LogP contribution in [0.25, 0.3) is 0 Å². The van der Waals surface area contributed by atoms with E-state index >= 15 is 0 Å². The second-order valence-corrected chi connectivity index (χ2v) is 6.14. The number of rotatable bonds is 4. The Kier molecular flexibility index (Phi) is 4.50. The van der Waals surface area contributed by atoms with E-state index in [0.717, 1.165) is 19.5 Å². The standard InChI is InChI=1S/C16H17N3O2S/c20-15(11-6-7-17-10-11)18-12-3-1-4-13(9-12)19-16(21)14-5-2-8-22-14/h1-5,8-9,11,17H,6-7,10H2,(H,18,20)(H,19,21). The van der Waals surface area contributed by atoms with E-state index in [-0.39, 0.29) is 17.7 Å². The number of thiophene rings is 1. The first kappa shape index (κ1) is 14.7. The lowest BCUT2D eigenvalue weighted by Gasteiger charge is -2.11. The van der Waals surface area contributed by atoms with Crippen LogP contribution in [-0.4, -0.2) is 24.9 Å². The van der Waals surface area contributed by atoms with Gasteiger partial charge in [-0.1, -0.05) is 12.1 Å². The molecule has 1 unspecified atom stereocenters. The van der Waals surface area contributed by atoms with Crippen LogP contribution < -0.4 is 16.0 Å². The fourth-order valence-electron chi connectivity index (χ4n) is 2.40. The highest BCUT2D eigenvalue weighted by Crippen LogP contribution is 2.19. The maximum atomic E-state index is 12.1. The van der Waals surface area contributed by atoms with Crippen LogP contribution in [0, 0.1) is 5.92 Å². The van der Waals surface area contributed by atoms with Gasteiger partial charge in [-0.3, -0.25) is 9.59 Å². The molecular weight excluding hydrogens is 298 g/mol. The first-order valence-corrected chi connectivity index (χ1v) is 8.07. The Hall–Kier alpha value is -2.18. The van der Waals surface area contributed by atoms with Gasteiger partial charge in [-0.15, -0.1) is 11.3 Å². The minimum Gasteiger partial charge on any atom is -0.326 e. The average molecular weight is 315 g/mol. The van der Waals surface area contributed by atoms with Crippen LogP contribution in [0.3, 0.4) is 0 Å². The number of benzene rings is 1. The maximum absolute atomic E-state index is 12.1. The minimum absolute atomic E-state index is 0.0179. The normalized spacial score (nSPS) is 17.2. The lowest BCUT2D eigenvalue weighted by Crippen LogP contribution is -2.24. The topological polar surface area (TPSA) is 70.2 Å². The largest absolute Gasteiger partial charge is 0.326 e. The van der Waals surface area contributed by atoms with Gasteiger partial charge in [0, 0.05) is 17.9 Å². The van der Waals surface area contributed by atoms with E-state index in [9.17, 15) is 9.59 Å². The fraction of sp³-hybridized carbons (Fsp3) is 0.250. The number of amides is 2. The highest BCUT2D eigenvalue weighted by molar-refractivity contribution is 7.12. The summed E-state index contributed by atoms with van der Waals surface area (Å²) in [6.45, 7) is 1.61. The van der Waals surface area contributed by atoms with Gasteiger partial charge in [-0.2, -0.15) is 0 Å². The Bertz CT molecular complexity index is 664. The number of hydrogen-bond acceptors (Lipinski definition) is 4. The Morgan fingerprint density at radius 1 is 1.14 bits per heavy atom. The van der Waals surface area contributed by atoms with E-state index in [0.29, 0.717) is 16.3 Å². The zero-order chi connectivity index (χ0) is 15.4. The van der Waals surface area contributed by atoms with Crippen LogP contribution in [0.2, 0.25) is 0 Å². The average Bonchev–Trinajstić information content (AvgIpc) is 3.21. The van der Waals surface area contributed by atoms with Gasteiger partial charge in [-0.25, -0.2) is 0 Å². The third-order valence-corrected chi connectivity index (χ3v) is 4.43. The molecule has 0 saturated carbocycles. The molecule has 1 aromatic carbocycles. The van der Waals surface area contributed by atoms with Crippen molar-refractivity contribution in [3.63, 3.8) is 0 Å². The first-order valence-electron chi connectivity index (χ1n) is 7.19. The smallest absolute Gasteiger partial charge is 0.265 e. The van der Waals surface area contributed by atoms with Crippen molar-refractivity contribution in [3.05, 3.63) is 46.7 Å². The molecule has 1 atom stereocenters. The molecule has 1 aliphatic rings. The van der Waals surface area contributed by atoms with E-state index in [4.69, 9.17) is 0 Å². The molecule has 114 valence electrons. The van der Waals surface area contributed by atoms with Crippen molar-refractivity contribution in [1.29, 1.82) is 0 Å². The van der Waals surface area contributed by atoms with Gasteiger partial charge in [0.1, 0.15) is 0 Å². The van der Waals surface area contributed by atoms with Crippen LogP contribution in [0.4, 0.5) is 11.4 Å². The van der Waals surface area contributed by atoms with Gasteiger partial charge in [0.2, 0.25) is 5.91 Å². The summed E-state index contributed by atoms with van der Waals surface area (Å²) < 4.78 is 0. The monoisotopic (exact) mass is 315 g/mol. The van der Waals surface area contributed by atoms with Crippen molar-refractivity contribution in [2.24, 2.45) is 5.92 Å². The molecule has 2 heterocycles. The molecule has 2 amide bonds. The molecule has 6 heteroatoms. The van der Waals surface area contributed by atoms with Crippen LogP contribution in [0.1, 0.15) is 16.1 Å². The first-order chi connectivity index (χ1) is 10.7. The van der Waals surface area contributed by atoms with Crippen molar-refractivity contribution in [2.75, 3.05) is 23.7 Å². The van der Waals surface area contributed by atoms with Gasteiger partial charge in [0.05, 0.1) is 10.8 Å². The summed E-state index contributed by atoms with van der Waals surface area (Å²) in [4.78, 5) is 24.8. The molecule has 2 aromatic rings. The molecule has 1 fully saturated rings. The molecular formula is C16H17N3O2S. The Morgan fingerprint density at radius 3 is 2.64 bits per heavy atom. The fourth-order valence-corrected chi connectivity index (χ4v) is 3.02. The van der Waals surface area contributed by atoms with Gasteiger partial charge in [0.15, 0.2) is 0 Å². The third-order valence-electron chi connectivity index (χ3n) is 3.56. The number of hydrogen-bond donors (Lipinski definition) is 3. The van der Waals surface area contributed by atoms with Gasteiger partial charge < -0.3 is 16.0 Å². The summed E-state index contributed by atoms with van der Waals surface area (Å²) in [7, 11) is 0. The predicted octanol–water partition coefficient (Wildman–Crippen LogP) is 2.55. The van der Waals surface area contributed by atoms with Gasteiger partial charge in [0.25, 0.3) is 5.91 Å². The van der Waals surface area contributed by atoms with Crippen LogP contribution in [0.5, 0.6) is 0 Å².